The summed E-state index contributed by atoms with van der Waals surface area (Å²) in [6.07, 6.45) is 5.23. The standard InChI is InChI=1S/C19H15N3O/c1-2-6-13(7-3-1)18-21-15(12-8-4-9-12)17-16(22-18)14-10-5-11-20-19(14)23-17/h1-3,5-7,10-11H,4,8-9H2,(H,21,22). The zero-order valence-corrected chi connectivity index (χ0v) is 12.5. The van der Waals surface area contributed by atoms with E-state index in [1.807, 2.05) is 30.3 Å². The van der Waals surface area contributed by atoms with Gasteiger partial charge in [0.15, 0.2) is 5.76 Å². The van der Waals surface area contributed by atoms with E-state index in [2.05, 4.69) is 22.4 Å². The van der Waals surface area contributed by atoms with Crippen molar-refractivity contribution in [3.05, 3.63) is 65.6 Å². The van der Waals surface area contributed by atoms with E-state index in [0.717, 1.165) is 46.8 Å². The minimum absolute atomic E-state index is 0.648. The van der Waals surface area contributed by atoms with Crippen molar-refractivity contribution in [2.45, 2.75) is 19.3 Å². The van der Waals surface area contributed by atoms with Gasteiger partial charge in [-0.1, -0.05) is 30.3 Å². The number of fused-ring (bicyclic) bond motifs is 3. The number of rotatable bonds is 1. The molecule has 0 radical (unpaired) electrons. The van der Waals surface area contributed by atoms with Crippen LogP contribution in [0.3, 0.4) is 0 Å². The van der Waals surface area contributed by atoms with Gasteiger partial charge in [-0.25, -0.2) is 9.98 Å². The number of hydrogen-bond donors (Lipinski definition) is 1. The van der Waals surface area contributed by atoms with Gasteiger partial charge in [0.25, 0.3) is 0 Å². The Morgan fingerprint density at radius 3 is 2.65 bits per heavy atom. The molecule has 1 aromatic carbocycles. The topological polar surface area (TPSA) is 50.4 Å². The minimum atomic E-state index is 0.648. The number of pyridine rings is 1. The van der Waals surface area contributed by atoms with Gasteiger partial charge in [0.2, 0.25) is 5.71 Å². The largest absolute Gasteiger partial charge is 0.434 e. The fourth-order valence-electron chi connectivity index (χ4n) is 3.10. The van der Waals surface area contributed by atoms with Gasteiger partial charge in [0.05, 0.1) is 11.1 Å². The average molecular weight is 301 g/mol. The average Bonchev–Trinajstić information content (AvgIpc) is 2.93. The van der Waals surface area contributed by atoms with Crippen molar-refractivity contribution in [1.29, 1.82) is 0 Å². The second-order valence-electron chi connectivity index (χ2n) is 5.92. The van der Waals surface area contributed by atoms with E-state index in [0.29, 0.717) is 5.71 Å². The number of allylic oxidation sites excluding steroid dienone is 1. The van der Waals surface area contributed by atoms with E-state index in [1.165, 1.54) is 12.0 Å². The third kappa shape index (κ3) is 1.91. The van der Waals surface area contributed by atoms with Gasteiger partial charge >= 0.3 is 0 Å². The number of nitrogens with zero attached hydrogens (tertiary/aromatic N) is 2. The van der Waals surface area contributed by atoms with Gasteiger partial charge in [-0.15, -0.1) is 0 Å². The van der Waals surface area contributed by atoms with Gasteiger partial charge in [0, 0.05) is 11.8 Å². The molecule has 0 amide bonds. The second kappa shape index (κ2) is 4.81. The third-order valence-electron chi connectivity index (χ3n) is 4.49. The van der Waals surface area contributed by atoms with E-state index in [9.17, 15) is 0 Å². The number of nitrogens with one attached hydrogen (secondary N) is 1. The van der Waals surface area contributed by atoms with E-state index >= 15 is 0 Å². The Bertz CT molecular complexity index is 961. The fraction of sp³-hybridized carbons (Fsp3) is 0.158. The lowest BCUT2D eigenvalue weighted by Crippen LogP contribution is -2.27. The van der Waals surface area contributed by atoms with Crippen molar-refractivity contribution >= 4 is 28.3 Å². The summed E-state index contributed by atoms with van der Waals surface area (Å²) in [4.78, 5) is 9.17. The number of amidine groups is 1. The molecular formula is C19H15N3O. The van der Waals surface area contributed by atoms with Crippen molar-refractivity contribution in [2.75, 3.05) is 0 Å². The molecule has 1 N–H and O–H groups in total. The molecule has 23 heavy (non-hydrogen) atoms. The van der Waals surface area contributed by atoms with Crippen molar-refractivity contribution in [2.24, 2.45) is 4.99 Å². The van der Waals surface area contributed by atoms with Crippen LogP contribution >= 0.6 is 0 Å². The Balaban J connectivity index is 1.78. The van der Waals surface area contributed by atoms with Crippen molar-refractivity contribution < 1.29 is 4.42 Å². The summed E-state index contributed by atoms with van der Waals surface area (Å²) in [5, 5.41) is 4.46. The number of benzene rings is 1. The van der Waals surface area contributed by atoms with Crippen LogP contribution in [0.5, 0.6) is 0 Å². The summed E-state index contributed by atoms with van der Waals surface area (Å²) in [6, 6.07) is 14.2. The van der Waals surface area contributed by atoms with Crippen LogP contribution in [0, 0.1) is 0 Å². The first-order valence-corrected chi connectivity index (χ1v) is 7.91. The maximum absolute atomic E-state index is 6.01. The quantitative estimate of drug-likeness (QED) is 0.724. The Morgan fingerprint density at radius 2 is 1.87 bits per heavy atom. The molecule has 2 aromatic heterocycles. The Hall–Kier alpha value is -2.88. The molecule has 0 unspecified atom stereocenters. The Labute approximate surface area is 133 Å². The molecule has 1 saturated carbocycles. The predicted octanol–water partition coefficient (Wildman–Crippen LogP) is 4.40. The highest BCUT2D eigenvalue weighted by Crippen LogP contribution is 2.42. The first-order chi connectivity index (χ1) is 11.4. The maximum atomic E-state index is 6.01. The highest BCUT2D eigenvalue weighted by atomic mass is 16.3. The molecule has 0 atom stereocenters. The van der Waals surface area contributed by atoms with Crippen LogP contribution < -0.4 is 5.32 Å². The highest BCUT2D eigenvalue weighted by Gasteiger charge is 2.28. The predicted molar refractivity (Wildman–Crippen MR) is 90.6 cm³/mol. The van der Waals surface area contributed by atoms with Gasteiger partial charge in [-0.2, -0.15) is 0 Å². The molecule has 0 spiro atoms. The van der Waals surface area contributed by atoms with Crippen LogP contribution in [0.1, 0.15) is 30.6 Å². The zero-order valence-electron chi connectivity index (χ0n) is 12.5. The summed E-state index contributed by atoms with van der Waals surface area (Å²) < 4.78 is 6.01. The zero-order chi connectivity index (χ0) is 15.2. The number of hydrogen-bond acceptors (Lipinski definition) is 4. The fourth-order valence-corrected chi connectivity index (χ4v) is 3.10. The molecule has 3 aromatic rings. The van der Waals surface area contributed by atoms with E-state index in [1.54, 1.807) is 6.20 Å². The number of aromatic nitrogens is 1. The number of aliphatic imine (C=N–C) groups is 1. The van der Waals surface area contributed by atoms with Crippen LogP contribution in [0.15, 0.2) is 63.6 Å². The van der Waals surface area contributed by atoms with Gasteiger partial charge < -0.3 is 9.73 Å². The lowest BCUT2D eigenvalue weighted by atomic mass is 9.89. The van der Waals surface area contributed by atoms with Crippen molar-refractivity contribution in [3.63, 3.8) is 0 Å². The van der Waals surface area contributed by atoms with Crippen LogP contribution in [-0.2, 0) is 0 Å². The maximum Gasteiger partial charge on any atom is 0.229 e. The number of furan rings is 1. The molecule has 0 saturated heterocycles. The molecule has 2 aliphatic rings. The molecular weight excluding hydrogens is 286 g/mol. The van der Waals surface area contributed by atoms with Crippen LogP contribution in [0.25, 0.3) is 16.8 Å². The minimum Gasteiger partial charge on any atom is -0.434 e. The second-order valence-corrected chi connectivity index (χ2v) is 5.92. The normalized spacial score (nSPS) is 16.6. The summed E-state index contributed by atoms with van der Waals surface area (Å²) in [6.45, 7) is 0. The lowest BCUT2D eigenvalue weighted by Gasteiger charge is -2.25. The molecule has 112 valence electrons. The molecule has 1 aliphatic carbocycles. The van der Waals surface area contributed by atoms with Gasteiger partial charge in [-0.3, -0.25) is 0 Å². The van der Waals surface area contributed by atoms with Crippen molar-refractivity contribution in [1.82, 2.24) is 10.3 Å². The molecule has 1 fully saturated rings. The highest BCUT2D eigenvalue weighted by molar-refractivity contribution is 6.11. The molecule has 4 heteroatoms. The van der Waals surface area contributed by atoms with E-state index < -0.39 is 0 Å². The van der Waals surface area contributed by atoms with E-state index in [-0.39, 0.29) is 0 Å². The van der Waals surface area contributed by atoms with Crippen LogP contribution in [-0.4, -0.2) is 10.8 Å². The third-order valence-corrected chi connectivity index (χ3v) is 4.49. The molecule has 3 heterocycles. The van der Waals surface area contributed by atoms with Crippen LogP contribution in [0.2, 0.25) is 0 Å². The SMILES string of the molecule is c1ccc(C2=Nc3c(oc4ncccc34)C(=C3CCC3)N2)cc1. The molecule has 5 rings (SSSR count). The summed E-state index contributed by atoms with van der Waals surface area (Å²) >= 11 is 0. The Morgan fingerprint density at radius 1 is 1.00 bits per heavy atom. The Kier molecular flexibility index (Phi) is 2.65. The smallest absolute Gasteiger partial charge is 0.229 e. The molecule has 1 aliphatic heterocycles. The van der Waals surface area contributed by atoms with Crippen molar-refractivity contribution in [3.8, 4) is 0 Å². The lowest BCUT2D eigenvalue weighted by molar-refractivity contribution is 0.575. The van der Waals surface area contributed by atoms with E-state index in [4.69, 9.17) is 9.41 Å². The summed E-state index contributed by atoms with van der Waals surface area (Å²) in [7, 11) is 0. The summed E-state index contributed by atoms with van der Waals surface area (Å²) in [5.74, 6) is 1.70. The first-order valence-electron chi connectivity index (χ1n) is 7.91. The molecule has 0 bridgehead atoms. The van der Waals surface area contributed by atoms with Crippen LogP contribution in [0.4, 0.5) is 5.69 Å². The molecule has 4 nitrogen and oxygen atoms in total. The monoisotopic (exact) mass is 301 g/mol. The van der Waals surface area contributed by atoms with Gasteiger partial charge in [-0.05, 0) is 37.0 Å². The van der Waals surface area contributed by atoms with Gasteiger partial charge in [0.1, 0.15) is 11.5 Å². The summed E-state index contributed by atoms with van der Waals surface area (Å²) in [5.41, 5.74) is 5.11. The first kappa shape index (κ1) is 12.6.